The maximum atomic E-state index is 15.0. The number of halogens is 1. The second-order valence-corrected chi connectivity index (χ2v) is 9.17. The van der Waals surface area contributed by atoms with Gasteiger partial charge < -0.3 is 19.9 Å². The third-order valence-corrected chi connectivity index (χ3v) is 6.89. The Morgan fingerprint density at radius 2 is 1.86 bits per heavy atom. The van der Waals surface area contributed by atoms with Crippen molar-refractivity contribution in [3.8, 4) is 0 Å². The van der Waals surface area contributed by atoms with Crippen LogP contribution in [0.3, 0.4) is 0 Å². The summed E-state index contributed by atoms with van der Waals surface area (Å²) in [4.78, 5) is 36.3. The largest absolute Gasteiger partial charge is 0.695 e. The number of benzene rings is 1. The summed E-state index contributed by atoms with van der Waals surface area (Å²) >= 11 is 0. The van der Waals surface area contributed by atoms with Gasteiger partial charge in [0.05, 0.1) is 12.4 Å². The summed E-state index contributed by atoms with van der Waals surface area (Å²) in [5, 5.41) is 12.2. The van der Waals surface area contributed by atoms with Crippen LogP contribution in [0.15, 0.2) is 43.0 Å². The molecule has 4 rings (SSSR count). The molecule has 0 radical (unpaired) electrons. The van der Waals surface area contributed by atoms with Gasteiger partial charge in [0.25, 0.3) is 5.91 Å². The average Bonchev–Trinajstić information content (AvgIpc) is 3.47. The number of aromatic nitrogens is 4. The van der Waals surface area contributed by atoms with Crippen LogP contribution in [0.5, 0.6) is 0 Å². The van der Waals surface area contributed by atoms with Crippen LogP contribution in [0.25, 0.3) is 11.2 Å². The number of nitrogens with one attached hydrogen (secondary N) is 1. The number of hydrogen-bond donors (Lipinski definition) is 3. The predicted molar refractivity (Wildman–Crippen MR) is 137 cm³/mol. The standard InChI is InChI=1S/C18H17FN5O5P.C6H15N/c19-13-12(6-11(7-25)15(13)29-30(27)28)24-9-22-14-16(20-8-21-17(14)24)23-18(26)10-4-2-1-3-5-10;1-4-7(5-2)6-3/h1-5,8-9,11-13,15,25H,6-7H2,(H-,20,21,23,26,27,28);4-6H2,1-3H3/p+1/t11-,12-,13+,15-;/m1./s1. The second-order valence-electron chi connectivity index (χ2n) is 8.48. The third-order valence-electron chi connectivity index (χ3n) is 6.46. The van der Waals surface area contributed by atoms with Crippen LogP contribution < -0.4 is 5.32 Å². The molecule has 1 aliphatic rings. The van der Waals surface area contributed by atoms with Crippen LogP contribution in [0, 0.1) is 5.92 Å². The van der Waals surface area contributed by atoms with Crippen LogP contribution in [-0.4, -0.2) is 78.8 Å². The first-order valence-electron chi connectivity index (χ1n) is 12.2. The first-order valence-corrected chi connectivity index (χ1v) is 13.3. The van der Waals surface area contributed by atoms with E-state index in [-0.39, 0.29) is 29.3 Å². The minimum atomic E-state index is -3.02. The SMILES string of the molecule is CCN(CC)CC.O=C(Nc1ncnc2c1ncn2[C@@H]1C[C@H](CO)[C@@H](O[P+](=O)O)[C@H]1F)c1ccccc1. The molecular weight excluding hydrogens is 502 g/mol. The summed E-state index contributed by atoms with van der Waals surface area (Å²) in [6.45, 7) is 9.73. The van der Waals surface area contributed by atoms with Crippen molar-refractivity contribution in [2.24, 2.45) is 5.92 Å². The topological polar surface area (TPSA) is 143 Å². The fourth-order valence-electron chi connectivity index (χ4n) is 4.37. The van der Waals surface area contributed by atoms with E-state index in [2.05, 4.69) is 45.9 Å². The van der Waals surface area contributed by atoms with E-state index in [1.807, 2.05) is 0 Å². The number of rotatable bonds is 9. The molecule has 5 atom stereocenters. The minimum absolute atomic E-state index is 0.159. The number of hydrogen-bond acceptors (Lipinski definition) is 8. The van der Waals surface area contributed by atoms with Crippen LogP contribution >= 0.6 is 8.25 Å². The molecule has 2 heterocycles. The van der Waals surface area contributed by atoms with Gasteiger partial charge in [0.15, 0.2) is 29.3 Å². The summed E-state index contributed by atoms with van der Waals surface area (Å²) in [5.41, 5.74) is 0.992. The minimum Gasteiger partial charge on any atom is -0.396 e. The zero-order valence-corrected chi connectivity index (χ0v) is 22.0. The number of anilines is 1. The van der Waals surface area contributed by atoms with E-state index in [0.29, 0.717) is 5.56 Å². The Kier molecular flexibility index (Phi) is 10.5. The molecule has 0 spiro atoms. The van der Waals surface area contributed by atoms with Gasteiger partial charge in [-0.3, -0.25) is 4.79 Å². The molecule has 1 amide bonds. The Morgan fingerprint density at radius 1 is 1.19 bits per heavy atom. The van der Waals surface area contributed by atoms with E-state index < -0.39 is 39.1 Å². The van der Waals surface area contributed by atoms with Crippen molar-refractivity contribution < 1.29 is 28.3 Å². The first-order chi connectivity index (χ1) is 17.8. The molecule has 37 heavy (non-hydrogen) atoms. The number of amides is 1. The molecule has 200 valence electrons. The van der Waals surface area contributed by atoms with E-state index in [1.54, 1.807) is 30.3 Å². The maximum absolute atomic E-state index is 15.0. The third kappa shape index (κ3) is 6.91. The highest BCUT2D eigenvalue weighted by Gasteiger charge is 2.50. The Bertz CT molecular complexity index is 1170. The molecule has 13 heteroatoms. The highest BCUT2D eigenvalue weighted by atomic mass is 31.1. The summed E-state index contributed by atoms with van der Waals surface area (Å²) in [6, 6.07) is 7.74. The number of fused-ring (bicyclic) bond motifs is 1. The number of aliphatic hydroxyl groups excluding tert-OH is 1. The Labute approximate surface area is 215 Å². The van der Waals surface area contributed by atoms with Gasteiger partial charge in [0.2, 0.25) is 0 Å². The summed E-state index contributed by atoms with van der Waals surface area (Å²) in [5.74, 6) is -0.867. The highest BCUT2D eigenvalue weighted by Crippen LogP contribution is 2.43. The lowest BCUT2D eigenvalue weighted by molar-refractivity contribution is 0.0568. The fraction of sp³-hybridized carbons (Fsp3) is 0.500. The monoisotopic (exact) mass is 535 g/mol. The molecule has 1 fully saturated rings. The number of nitrogens with zero attached hydrogens (tertiary/aromatic N) is 5. The van der Waals surface area contributed by atoms with Gasteiger partial charge in [-0.15, -0.1) is 9.42 Å². The molecule has 0 saturated heterocycles. The first kappa shape index (κ1) is 28.7. The molecule has 0 bridgehead atoms. The molecule has 3 N–H and O–H groups in total. The van der Waals surface area contributed by atoms with Gasteiger partial charge in [-0.2, -0.15) is 0 Å². The summed E-state index contributed by atoms with van der Waals surface area (Å²) in [6.07, 6.45) is -0.143. The van der Waals surface area contributed by atoms with Crippen LogP contribution in [-0.2, 0) is 9.09 Å². The molecule has 1 unspecified atom stereocenters. The normalized spacial score (nSPS) is 21.5. The molecule has 1 aromatic carbocycles. The van der Waals surface area contributed by atoms with Gasteiger partial charge in [0.1, 0.15) is 6.33 Å². The molecule has 3 aromatic rings. The smallest absolute Gasteiger partial charge is 0.396 e. The number of imidazole rings is 1. The molecule has 0 aliphatic heterocycles. The number of carbonyl (C=O) groups excluding carboxylic acids is 1. The van der Waals surface area contributed by atoms with E-state index in [0.717, 1.165) is 0 Å². The van der Waals surface area contributed by atoms with Gasteiger partial charge in [0, 0.05) is 22.7 Å². The Hall–Kier alpha value is -2.89. The number of alkyl halides is 1. The van der Waals surface area contributed by atoms with Crippen molar-refractivity contribution in [1.29, 1.82) is 0 Å². The second kappa shape index (κ2) is 13.6. The molecule has 2 aromatic heterocycles. The van der Waals surface area contributed by atoms with E-state index in [4.69, 9.17) is 9.42 Å². The van der Waals surface area contributed by atoms with E-state index >= 15 is 4.39 Å². The van der Waals surface area contributed by atoms with Crippen molar-refractivity contribution in [1.82, 2.24) is 24.4 Å². The van der Waals surface area contributed by atoms with E-state index in [9.17, 15) is 14.5 Å². The molecule has 1 saturated carbocycles. The predicted octanol–water partition coefficient (Wildman–Crippen LogP) is 3.35. The molecule has 11 nitrogen and oxygen atoms in total. The van der Waals surface area contributed by atoms with Gasteiger partial charge >= 0.3 is 8.25 Å². The number of carbonyl (C=O) groups is 1. The van der Waals surface area contributed by atoms with Crippen molar-refractivity contribution in [3.63, 3.8) is 0 Å². The quantitative estimate of drug-likeness (QED) is 0.352. The van der Waals surface area contributed by atoms with Crippen molar-refractivity contribution in [2.45, 2.75) is 45.5 Å². The highest BCUT2D eigenvalue weighted by molar-refractivity contribution is 7.32. The van der Waals surface area contributed by atoms with Gasteiger partial charge in [-0.1, -0.05) is 39.0 Å². The zero-order chi connectivity index (χ0) is 26.9. The van der Waals surface area contributed by atoms with Crippen molar-refractivity contribution >= 4 is 31.1 Å². The maximum Gasteiger partial charge on any atom is 0.695 e. The Morgan fingerprint density at radius 3 is 2.43 bits per heavy atom. The number of aliphatic hydroxyl groups is 1. The molecular formula is C24H33FN6O5P+. The average molecular weight is 536 g/mol. The molecule has 1 aliphatic carbocycles. The van der Waals surface area contributed by atoms with Gasteiger partial charge in [-0.25, -0.2) is 19.3 Å². The fourth-order valence-corrected chi connectivity index (χ4v) is 4.87. The summed E-state index contributed by atoms with van der Waals surface area (Å²) in [7, 11) is -3.02. The zero-order valence-electron chi connectivity index (χ0n) is 21.1. The van der Waals surface area contributed by atoms with Crippen LogP contribution in [0.1, 0.15) is 43.6 Å². The van der Waals surface area contributed by atoms with Crippen LogP contribution in [0.2, 0.25) is 0 Å². The summed E-state index contributed by atoms with van der Waals surface area (Å²) < 4.78 is 32.3. The lowest BCUT2D eigenvalue weighted by atomic mass is 10.1. The lowest BCUT2D eigenvalue weighted by Gasteiger charge is -2.16. The van der Waals surface area contributed by atoms with Gasteiger partial charge in [-0.05, 0) is 38.2 Å². The van der Waals surface area contributed by atoms with Crippen LogP contribution in [0.4, 0.5) is 10.2 Å². The van der Waals surface area contributed by atoms with E-state index in [1.165, 1.54) is 36.9 Å². The van der Waals surface area contributed by atoms with Crippen molar-refractivity contribution in [2.75, 3.05) is 31.6 Å². The Balaban J connectivity index is 0.000000479. The van der Waals surface area contributed by atoms with Crippen molar-refractivity contribution in [3.05, 3.63) is 48.5 Å². The lowest BCUT2D eigenvalue weighted by Crippen LogP contribution is -2.28.